The smallest absolute Gasteiger partial charge is 0.240 e. The molecule has 1 N–H and O–H groups in total. The van der Waals surface area contributed by atoms with Crippen molar-refractivity contribution in [2.75, 3.05) is 13.6 Å². The lowest BCUT2D eigenvalue weighted by Gasteiger charge is -2.40. The summed E-state index contributed by atoms with van der Waals surface area (Å²) in [5.74, 6) is 0.294. The van der Waals surface area contributed by atoms with Crippen molar-refractivity contribution >= 4 is 5.91 Å². The van der Waals surface area contributed by atoms with Crippen molar-refractivity contribution in [2.45, 2.75) is 58.0 Å². The zero-order valence-electron chi connectivity index (χ0n) is 10.5. The lowest BCUT2D eigenvalue weighted by atomic mass is 9.88. The van der Waals surface area contributed by atoms with Gasteiger partial charge in [-0.05, 0) is 32.7 Å². The molecule has 1 saturated heterocycles. The number of likely N-dealkylation sites (N-methyl/N-ethyl adjacent to an activating group) is 1. The van der Waals surface area contributed by atoms with Crippen molar-refractivity contribution in [3.63, 3.8) is 0 Å². The Labute approximate surface area is 93.2 Å². The van der Waals surface area contributed by atoms with Crippen LogP contribution in [0.3, 0.4) is 0 Å². The standard InChI is InChI=1S/C12H24N2O/c1-5-12(6-2,7-3)14-9-8-10(13-4)11(14)15/h10,13H,5-9H2,1-4H3. The van der Waals surface area contributed by atoms with E-state index in [2.05, 4.69) is 31.0 Å². The average molecular weight is 212 g/mol. The summed E-state index contributed by atoms with van der Waals surface area (Å²) in [6.45, 7) is 7.48. The van der Waals surface area contributed by atoms with Gasteiger partial charge in [-0.15, -0.1) is 0 Å². The van der Waals surface area contributed by atoms with E-state index in [4.69, 9.17) is 0 Å². The molecule has 1 unspecified atom stereocenters. The molecule has 88 valence electrons. The zero-order valence-corrected chi connectivity index (χ0v) is 10.5. The first-order valence-electron chi connectivity index (χ1n) is 6.14. The molecule has 0 aliphatic carbocycles. The Balaban J connectivity index is 2.83. The first kappa shape index (κ1) is 12.5. The van der Waals surface area contributed by atoms with Crippen molar-refractivity contribution in [1.82, 2.24) is 10.2 Å². The highest BCUT2D eigenvalue weighted by Crippen LogP contribution is 2.31. The Morgan fingerprint density at radius 1 is 1.33 bits per heavy atom. The summed E-state index contributed by atoms with van der Waals surface area (Å²) in [7, 11) is 1.87. The van der Waals surface area contributed by atoms with Gasteiger partial charge in [0.05, 0.1) is 6.04 Å². The van der Waals surface area contributed by atoms with Crippen LogP contribution in [0.25, 0.3) is 0 Å². The highest BCUT2D eigenvalue weighted by molar-refractivity contribution is 5.84. The maximum atomic E-state index is 12.1. The van der Waals surface area contributed by atoms with Gasteiger partial charge >= 0.3 is 0 Å². The second-order valence-corrected chi connectivity index (χ2v) is 4.40. The summed E-state index contributed by atoms with van der Waals surface area (Å²) in [6.07, 6.45) is 4.13. The van der Waals surface area contributed by atoms with E-state index < -0.39 is 0 Å². The fourth-order valence-electron chi connectivity index (χ4n) is 2.74. The summed E-state index contributed by atoms with van der Waals surface area (Å²) in [5, 5.41) is 3.10. The molecule has 1 amide bonds. The topological polar surface area (TPSA) is 32.3 Å². The van der Waals surface area contributed by atoms with Crippen LogP contribution in [-0.2, 0) is 4.79 Å². The minimum Gasteiger partial charge on any atom is -0.336 e. The second kappa shape index (κ2) is 4.97. The van der Waals surface area contributed by atoms with Crippen molar-refractivity contribution in [3.05, 3.63) is 0 Å². The Bertz CT molecular complexity index is 215. The van der Waals surface area contributed by atoms with E-state index in [0.717, 1.165) is 32.2 Å². The Morgan fingerprint density at radius 3 is 2.20 bits per heavy atom. The number of carbonyl (C=O) groups is 1. The molecule has 1 fully saturated rings. The van der Waals surface area contributed by atoms with Crippen LogP contribution in [0.2, 0.25) is 0 Å². The number of hydrogen-bond acceptors (Lipinski definition) is 2. The van der Waals surface area contributed by atoms with Gasteiger partial charge in [0.25, 0.3) is 0 Å². The first-order valence-corrected chi connectivity index (χ1v) is 6.14. The molecular weight excluding hydrogens is 188 g/mol. The predicted molar refractivity (Wildman–Crippen MR) is 62.8 cm³/mol. The molecule has 3 nitrogen and oxygen atoms in total. The highest BCUT2D eigenvalue weighted by Gasteiger charge is 2.41. The van der Waals surface area contributed by atoms with Crippen molar-refractivity contribution in [1.29, 1.82) is 0 Å². The lowest BCUT2D eigenvalue weighted by Crippen LogP contribution is -2.50. The fraction of sp³-hybridized carbons (Fsp3) is 0.917. The molecule has 1 atom stereocenters. The third-order valence-electron chi connectivity index (χ3n) is 4.10. The minimum absolute atomic E-state index is 0.0500. The molecule has 0 saturated carbocycles. The molecule has 1 aliphatic heterocycles. The average Bonchev–Trinajstić information content (AvgIpc) is 2.64. The van der Waals surface area contributed by atoms with Crippen molar-refractivity contribution < 1.29 is 4.79 Å². The summed E-state index contributed by atoms with van der Waals surface area (Å²) < 4.78 is 0. The number of nitrogens with zero attached hydrogens (tertiary/aromatic N) is 1. The van der Waals surface area contributed by atoms with Gasteiger partial charge in [0.1, 0.15) is 0 Å². The number of likely N-dealkylation sites (tertiary alicyclic amines) is 1. The molecule has 0 radical (unpaired) electrons. The Kier molecular flexibility index (Phi) is 4.14. The maximum Gasteiger partial charge on any atom is 0.240 e. The van der Waals surface area contributed by atoms with Crippen LogP contribution in [0.15, 0.2) is 0 Å². The normalized spacial score (nSPS) is 22.5. The fourth-order valence-corrected chi connectivity index (χ4v) is 2.74. The third kappa shape index (κ3) is 2.03. The van der Waals surface area contributed by atoms with Crippen LogP contribution in [0, 0.1) is 0 Å². The number of amides is 1. The molecule has 0 aromatic heterocycles. The van der Waals surface area contributed by atoms with Gasteiger partial charge in [-0.25, -0.2) is 0 Å². The van der Waals surface area contributed by atoms with Crippen molar-refractivity contribution in [3.8, 4) is 0 Å². The number of nitrogens with one attached hydrogen (secondary N) is 1. The summed E-state index contributed by atoms with van der Waals surface area (Å²) >= 11 is 0. The van der Waals surface area contributed by atoms with Gasteiger partial charge < -0.3 is 10.2 Å². The van der Waals surface area contributed by atoms with Crippen molar-refractivity contribution in [2.24, 2.45) is 0 Å². The zero-order chi connectivity index (χ0) is 11.5. The van der Waals surface area contributed by atoms with Crippen LogP contribution < -0.4 is 5.32 Å². The third-order valence-corrected chi connectivity index (χ3v) is 4.10. The predicted octanol–water partition coefficient (Wildman–Crippen LogP) is 1.78. The van der Waals surface area contributed by atoms with E-state index in [1.807, 2.05) is 7.05 Å². The minimum atomic E-state index is 0.0500. The molecule has 0 bridgehead atoms. The lowest BCUT2D eigenvalue weighted by molar-refractivity contribution is -0.135. The molecule has 0 aromatic carbocycles. The molecule has 1 aliphatic rings. The molecule has 0 aromatic rings. The Hall–Kier alpha value is -0.570. The summed E-state index contributed by atoms with van der Waals surface area (Å²) in [4.78, 5) is 14.2. The summed E-state index contributed by atoms with van der Waals surface area (Å²) in [5.41, 5.74) is 0.0999. The monoisotopic (exact) mass is 212 g/mol. The SMILES string of the molecule is CCC(CC)(CC)N1CCC(NC)C1=O. The van der Waals surface area contributed by atoms with E-state index in [0.29, 0.717) is 5.91 Å². The van der Waals surface area contributed by atoms with Gasteiger partial charge in [-0.3, -0.25) is 4.79 Å². The van der Waals surface area contributed by atoms with E-state index in [1.165, 1.54) is 0 Å². The number of carbonyl (C=O) groups excluding carboxylic acids is 1. The van der Waals surface area contributed by atoms with Crippen LogP contribution in [0.4, 0.5) is 0 Å². The molecule has 15 heavy (non-hydrogen) atoms. The molecule has 1 rings (SSSR count). The van der Waals surface area contributed by atoms with E-state index in [-0.39, 0.29) is 11.6 Å². The van der Waals surface area contributed by atoms with E-state index >= 15 is 0 Å². The summed E-state index contributed by atoms with van der Waals surface area (Å²) in [6, 6.07) is 0.0500. The van der Waals surface area contributed by atoms with Gasteiger partial charge in [-0.2, -0.15) is 0 Å². The molecule has 0 spiro atoms. The number of hydrogen-bond donors (Lipinski definition) is 1. The molecule has 1 heterocycles. The molecular formula is C12H24N2O. The van der Waals surface area contributed by atoms with Crippen LogP contribution >= 0.6 is 0 Å². The first-order chi connectivity index (χ1) is 7.15. The van der Waals surface area contributed by atoms with Gasteiger partial charge in [0, 0.05) is 12.1 Å². The van der Waals surface area contributed by atoms with Gasteiger partial charge in [0.2, 0.25) is 5.91 Å². The quantitative estimate of drug-likeness (QED) is 0.753. The largest absolute Gasteiger partial charge is 0.336 e. The van der Waals surface area contributed by atoms with Crippen LogP contribution in [0.5, 0.6) is 0 Å². The van der Waals surface area contributed by atoms with Gasteiger partial charge in [-0.1, -0.05) is 20.8 Å². The van der Waals surface area contributed by atoms with Crippen LogP contribution in [0.1, 0.15) is 46.5 Å². The second-order valence-electron chi connectivity index (χ2n) is 4.40. The van der Waals surface area contributed by atoms with Gasteiger partial charge in [0.15, 0.2) is 0 Å². The Morgan fingerprint density at radius 2 is 1.87 bits per heavy atom. The maximum absolute atomic E-state index is 12.1. The van der Waals surface area contributed by atoms with E-state index in [9.17, 15) is 4.79 Å². The van der Waals surface area contributed by atoms with Crippen LogP contribution in [-0.4, -0.2) is 36.0 Å². The highest BCUT2D eigenvalue weighted by atomic mass is 16.2. The molecule has 3 heteroatoms. The number of rotatable bonds is 5. The van der Waals surface area contributed by atoms with E-state index in [1.54, 1.807) is 0 Å².